The zero-order valence-electron chi connectivity index (χ0n) is 7.14. The maximum atomic E-state index is 5.20. The molecule has 0 unspecified atom stereocenters. The summed E-state index contributed by atoms with van der Waals surface area (Å²) in [5.74, 6) is 2.67. The maximum Gasteiger partial charge on any atom is 0.0345 e. The van der Waals surface area contributed by atoms with E-state index in [1.165, 1.54) is 0 Å². The van der Waals surface area contributed by atoms with Crippen LogP contribution >= 0.6 is 0 Å². The van der Waals surface area contributed by atoms with Crippen molar-refractivity contribution in [2.75, 3.05) is 26.2 Å². The fraction of sp³-hybridized carbons (Fsp3) is 0.778. The van der Waals surface area contributed by atoms with Crippen molar-refractivity contribution in [3.8, 4) is 12.3 Å². The lowest BCUT2D eigenvalue weighted by atomic mass is 10.1. The number of nitrogens with one attached hydrogen (secondary N) is 1. The van der Waals surface area contributed by atoms with Gasteiger partial charge in [0.25, 0.3) is 0 Å². The lowest BCUT2D eigenvalue weighted by Crippen LogP contribution is -2.57. The van der Waals surface area contributed by atoms with Gasteiger partial charge in [0.2, 0.25) is 0 Å². The molecule has 0 bridgehead atoms. The molecule has 11 heavy (non-hydrogen) atoms. The highest BCUT2D eigenvalue weighted by atomic mass is 15.2. The van der Waals surface area contributed by atoms with Crippen LogP contribution in [0.4, 0.5) is 0 Å². The van der Waals surface area contributed by atoms with Crippen molar-refractivity contribution >= 4 is 0 Å². The van der Waals surface area contributed by atoms with Crippen LogP contribution in [0.1, 0.15) is 13.3 Å². The summed E-state index contributed by atoms with van der Waals surface area (Å²) in [6, 6.07) is 0.744. The fourth-order valence-corrected chi connectivity index (χ4v) is 1.34. The van der Waals surface area contributed by atoms with Crippen molar-refractivity contribution in [3.05, 3.63) is 0 Å². The highest BCUT2D eigenvalue weighted by molar-refractivity contribution is 4.89. The second-order valence-corrected chi connectivity index (χ2v) is 2.89. The van der Waals surface area contributed by atoms with Crippen molar-refractivity contribution in [1.29, 1.82) is 0 Å². The SMILES string of the molecule is C#CCCN(CC)C1CNC1. The lowest BCUT2D eigenvalue weighted by molar-refractivity contribution is 0.156. The summed E-state index contributed by atoms with van der Waals surface area (Å²) < 4.78 is 0. The number of hydrogen-bond acceptors (Lipinski definition) is 2. The maximum absolute atomic E-state index is 5.20. The van der Waals surface area contributed by atoms with Crippen molar-refractivity contribution in [2.24, 2.45) is 0 Å². The molecule has 0 aromatic heterocycles. The monoisotopic (exact) mass is 152 g/mol. The van der Waals surface area contributed by atoms with Gasteiger partial charge in [-0.05, 0) is 6.54 Å². The third kappa shape index (κ3) is 2.21. The smallest absolute Gasteiger partial charge is 0.0345 e. The van der Waals surface area contributed by atoms with E-state index in [9.17, 15) is 0 Å². The van der Waals surface area contributed by atoms with Gasteiger partial charge >= 0.3 is 0 Å². The first-order chi connectivity index (χ1) is 5.38. The average molecular weight is 152 g/mol. The molecule has 1 saturated heterocycles. The van der Waals surface area contributed by atoms with Crippen LogP contribution in [0.3, 0.4) is 0 Å². The largest absolute Gasteiger partial charge is 0.314 e. The van der Waals surface area contributed by atoms with Crippen LogP contribution in [0.5, 0.6) is 0 Å². The first-order valence-corrected chi connectivity index (χ1v) is 4.26. The Morgan fingerprint density at radius 1 is 1.64 bits per heavy atom. The molecule has 1 rings (SSSR count). The predicted molar refractivity (Wildman–Crippen MR) is 47.4 cm³/mol. The van der Waals surface area contributed by atoms with Crippen LogP contribution in [0, 0.1) is 12.3 Å². The van der Waals surface area contributed by atoms with Gasteiger partial charge in [-0.2, -0.15) is 0 Å². The third-order valence-electron chi connectivity index (χ3n) is 2.23. The van der Waals surface area contributed by atoms with Crippen LogP contribution in [-0.2, 0) is 0 Å². The van der Waals surface area contributed by atoms with Crippen LogP contribution < -0.4 is 5.32 Å². The Bertz CT molecular complexity index is 144. The Balaban J connectivity index is 2.19. The summed E-state index contributed by atoms with van der Waals surface area (Å²) in [7, 11) is 0. The van der Waals surface area contributed by atoms with Crippen molar-refractivity contribution < 1.29 is 0 Å². The van der Waals surface area contributed by atoms with Gasteiger partial charge in [0.05, 0.1) is 0 Å². The zero-order valence-corrected chi connectivity index (χ0v) is 7.14. The minimum atomic E-state index is 0.744. The van der Waals surface area contributed by atoms with E-state index in [4.69, 9.17) is 6.42 Å². The molecule has 0 saturated carbocycles. The van der Waals surface area contributed by atoms with Gasteiger partial charge < -0.3 is 5.32 Å². The van der Waals surface area contributed by atoms with Gasteiger partial charge in [-0.1, -0.05) is 6.92 Å². The van der Waals surface area contributed by atoms with E-state index in [1.807, 2.05) is 0 Å². The molecule has 1 heterocycles. The van der Waals surface area contributed by atoms with Crippen LogP contribution in [0.25, 0.3) is 0 Å². The first-order valence-electron chi connectivity index (χ1n) is 4.26. The molecule has 1 N–H and O–H groups in total. The van der Waals surface area contributed by atoms with Gasteiger partial charge in [-0.25, -0.2) is 0 Å². The van der Waals surface area contributed by atoms with E-state index >= 15 is 0 Å². The summed E-state index contributed by atoms with van der Waals surface area (Å²) in [5.41, 5.74) is 0. The van der Waals surface area contributed by atoms with E-state index in [0.717, 1.165) is 38.6 Å². The van der Waals surface area contributed by atoms with Crippen molar-refractivity contribution in [1.82, 2.24) is 10.2 Å². The Hall–Kier alpha value is -0.520. The highest BCUT2D eigenvalue weighted by Crippen LogP contribution is 2.04. The summed E-state index contributed by atoms with van der Waals surface area (Å²) in [6.07, 6.45) is 6.08. The number of terminal acetylenes is 1. The molecule has 62 valence electrons. The van der Waals surface area contributed by atoms with E-state index in [1.54, 1.807) is 0 Å². The number of likely N-dealkylation sites (N-methyl/N-ethyl adjacent to an activating group) is 1. The second kappa shape index (κ2) is 4.38. The Morgan fingerprint density at radius 2 is 2.36 bits per heavy atom. The first kappa shape index (κ1) is 8.58. The summed E-state index contributed by atoms with van der Waals surface area (Å²) in [4.78, 5) is 2.44. The number of nitrogens with zero attached hydrogens (tertiary/aromatic N) is 1. The van der Waals surface area contributed by atoms with Crippen LogP contribution in [0.15, 0.2) is 0 Å². The number of hydrogen-bond donors (Lipinski definition) is 1. The predicted octanol–water partition coefficient (Wildman–Crippen LogP) is 0.303. The van der Waals surface area contributed by atoms with Gasteiger partial charge in [-0.15, -0.1) is 12.3 Å². The Labute approximate surface area is 69.0 Å². The average Bonchev–Trinajstić information content (AvgIpc) is 1.93. The molecule has 2 heteroatoms. The number of rotatable bonds is 4. The molecule has 0 spiro atoms. The molecule has 0 aromatic rings. The minimum Gasteiger partial charge on any atom is -0.314 e. The lowest BCUT2D eigenvalue weighted by Gasteiger charge is -2.37. The summed E-state index contributed by atoms with van der Waals surface area (Å²) in [5, 5.41) is 3.26. The Kier molecular flexibility index (Phi) is 3.41. The summed E-state index contributed by atoms with van der Waals surface area (Å²) in [6.45, 7) is 6.64. The third-order valence-corrected chi connectivity index (χ3v) is 2.23. The molecule has 0 aromatic carbocycles. The molecule has 1 aliphatic heterocycles. The molecule has 0 radical (unpaired) electrons. The molecular weight excluding hydrogens is 136 g/mol. The van der Waals surface area contributed by atoms with Gasteiger partial charge in [-0.3, -0.25) is 4.90 Å². The van der Waals surface area contributed by atoms with E-state index in [-0.39, 0.29) is 0 Å². The quantitative estimate of drug-likeness (QED) is 0.583. The Morgan fingerprint density at radius 3 is 2.73 bits per heavy atom. The van der Waals surface area contributed by atoms with Gasteiger partial charge in [0.1, 0.15) is 0 Å². The van der Waals surface area contributed by atoms with Gasteiger partial charge in [0, 0.05) is 32.1 Å². The molecule has 0 aliphatic carbocycles. The van der Waals surface area contributed by atoms with E-state index in [0.29, 0.717) is 0 Å². The topological polar surface area (TPSA) is 15.3 Å². The van der Waals surface area contributed by atoms with Crippen molar-refractivity contribution in [3.63, 3.8) is 0 Å². The normalized spacial score (nSPS) is 17.9. The summed E-state index contributed by atoms with van der Waals surface area (Å²) >= 11 is 0. The molecule has 0 amide bonds. The molecular formula is C9H16N2. The van der Waals surface area contributed by atoms with Gasteiger partial charge in [0.15, 0.2) is 0 Å². The van der Waals surface area contributed by atoms with Crippen molar-refractivity contribution in [2.45, 2.75) is 19.4 Å². The van der Waals surface area contributed by atoms with E-state index in [2.05, 4.69) is 23.1 Å². The highest BCUT2D eigenvalue weighted by Gasteiger charge is 2.22. The fourth-order valence-electron chi connectivity index (χ4n) is 1.34. The molecule has 0 atom stereocenters. The van der Waals surface area contributed by atoms with E-state index < -0.39 is 0 Å². The van der Waals surface area contributed by atoms with Crippen LogP contribution in [0.2, 0.25) is 0 Å². The second-order valence-electron chi connectivity index (χ2n) is 2.89. The zero-order chi connectivity index (χ0) is 8.10. The minimum absolute atomic E-state index is 0.744. The van der Waals surface area contributed by atoms with Crippen LogP contribution in [-0.4, -0.2) is 37.1 Å². The molecule has 1 aliphatic rings. The molecule has 2 nitrogen and oxygen atoms in total. The standard InChI is InChI=1S/C9H16N2/c1-3-5-6-11(4-2)9-7-10-8-9/h1,9-10H,4-8H2,2H3. The molecule has 1 fully saturated rings.